The van der Waals surface area contributed by atoms with Crippen molar-refractivity contribution in [2.45, 2.75) is 18.9 Å². The van der Waals surface area contributed by atoms with E-state index in [-0.39, 0.29) is 5.91 Å². The molecule has 3 nitrogen and oxygen atoms in total. The summed E-state index contributed by atoms with van der Waals surface area (Å²) in [5.74, 6) is 0.744. The number of likely N-dealkylation sites (tertiary alicyclic amines) is 1. The first-order valence-electron chi connectivity index (χ1n) is 6.63. The van der Waals surface area contributed by atoms with E-state index in [1.54, 1.807) is 6.07 Å². The minimum absolute atomic E-state index is 0.122. The number of carbonyl (C=O) groups is 1. The van der Waals surface area contributed by atoms with Crippen LogP contribution in [0.4, 0.5) is 0 Å². The maximum atomic E-state index is 12.6. The molecular weight excluding hydrogens is 375 g/mol. The van der Waals surface area contributed by atoms with Crippen LogP contribution in [0.15, 0.2) is 18.2 Å². The molecule has 2 heterocycles. The van der Waals surface area contributed by atoms with E-state index in [1.807, 2.05) is 17.0 Å². The fourth-order valence-electron chi connectivity index (χ4n) is 3.12. The molecule has 2 aliphatic heterocycles. The zero-order chi connectivity index (χ0) is 13.4. The van der Waals surface area contributed by atoms with Gasteiger partial charge in [-0.1, -0.05) is 11.6 Å². The molecule has 0 aromatic heterocycles. The average molecular weight is 391 g/mol. The smallest absolute Gasteiger partial charge is 0.254 e. The van der Waals surface area contributed by atoms with E-state index in [4.69, 9.17) is 11.6 Å². The van der Waals surface area contributed by atoms with Crippen molar-refractivity contribution in [3.8, 4) is 0 Å². The van der Waals surface area contributed by atoms with Gasteiger partial charge in [-0.15, -0.1) is 0 Å². The van der Waals surface area contributed by atoms with Gasteiger partial charge in [-0.3, -0.25) is 4.79 Å². The van der Waals surface area contributed by atoms with Crippen LogP contribution in [0.2, 0.25) is 5.02 Å². The summed E-state index contributed by atoms with van der Waals surface area (Å²) in [6.07, 6.45) is 2.33. The number of halogens is 2. The lowest BCUT2D eigenvalue weighted by Gasteiger charge is -2.37. The Morgan fingerprint density at radius 1 is 1.42 bits per heavy atom. The van der Waals surface area contributed by atoms with E-state index >= 15 is 0 Å². The summed E-state index contributed by atoms with van der Waals surface area (Å²) in [6.45, 7) is 2.84. The van der Waals surface area contributed by atoms with Gasteiger partial charge >= 0.3 is 0 Å². The standard InChI is InChI=1S/C14H16ClIN2O/c15-11-6-9(3-4-12(11)16)14(19)18-5-1-2-10-7-17-8-13(10)18/h3-4,6,10,13,17H,1-2,5,7-8H2. The molecule has 102 valence electrons. The van der Waals surface area contributed by atoms with Gasteiger partial charge in [0.05, 0.1) is 5.02 Å². The zero-order valence-corrected chi connectivity index (χ0v) is 13.4. The van der Waals surface area contributed by atoms with Crippen molar-refractivity contribution in [3.63, 3.8) is 0 Å². The molecule has 2 saturated heterocycles. The highest BCUT2D eigenvalue weighted by atomic mass is 127. The third-order valence-electron chi connectivity index (χ3n) is 4.11. The van der Waals surface area contributed by atoms with Crippen LogP contribution in [0.25, 0.3) is 0 Å². The molecule has 5 heteroatoms. The SMILES string of the molecule is O=C(c1ccc(I)c(Cl)c1)N1CCCC2CNCC21. The predicted molar refractivity (Wildman–Crippen MR) is 84.6 cm³/mol. The van der Waals surface area contributed by atoms with Gasteiger partial charge < -0.3 is 10.2 Å². The Kier molecular flexibility index (Phi) is 4.01. The second-order valence-electron chi connectivity index (χ2n) is 5.26. The first kappa shape index (κ1) is 13.6. The van der Waals surface area contributed by atoms with Gasteiger partial charge in [0.15, 0.2) is 0 Å². The summed E-state index contributed by atoms with van der Waals surface area (Å²) in [4.78, 5) is 14.7. The third-order valence-corrected chi connectivity index (χ3v) is 5.68. The molecule has 1 N–H and O–H groups in total. The first-order chi connectivity index (χ1) is 9.16. The molecule has 0 bridgehead atoms. The van der Waals surface area contributed by atoms with Crippen LogP contribution in [0.5, 0.6) is 0 Å². The molecule has 2 aliphatic rings. The van der Waals surface area contributed by atoms with Gasteiger partial charge in [0.25, 0.3) is 5.91 Å². The van der Waals surface area contributed by atoms with Crippen molar-refractivity contribution in [2.24, 2.45) is 5.92 Å². The molecule has 0 saturated carbocycles. The Balaban J connectivity index is 1.84. The molecule has 0 radical (unpaired) electrons. The van der Waals surface area contributed by atoms with Crippen LogP contribution < -0.4 is 5.32 Å². The monoisotopic (exact) mass is 390 g/mol. The number of hydrogen-bond acceptors (Lipinski definition) is 2. The Hall–Kier alpha value is -0.330. The number of piperidine rings is 1. The van der Waals surface area contributed by atoms with E-state index in [2.05, 4.69) is 27.9 Å². The van der Waals surface area contributed by atoms with E-state index in [9.17, 15) is 4.79 Å². The van der Waals surface area contributed by atoms with Gasteiger partial charge in [-0.25, -0.2) is 0 Å². The van der Waals surface area contributed by atoms with Crippen LogP contribution in [0.1, 0.15) is 23.2 Å². The topological polar surface area (TPSA) is 32.3 Å². The van der Waals surface area contributed by atoms with E-state index < -0.39 is 0 Å². The number of nitrogens with zero attached hydrogens (tertiary/aromatic N) is 1. The molecule has 0 spiro atoms. The zero-order valence-electron chi connectivity index (χ0n) is 10.5. The number of amides is 1. The van der Waals surface area contributed by atoms with Crippen LogP contribution in [-0.2, 0) is 0 Å². The van der Waals surface area contributed by atoms with Gasteiger partial charge in [-0.2, -0.15) is 0 Å². The van der Waals surface area contributed by atoms with Crippen LogP contribution in [-0.4, -0.2) is 36.5 Å². The van der Waals surface area contributed by atoms with Crippen LogP contribution >= 0.6 is 34.2 Å². The lowest BCUT2D eigenvalue weighted by Crippen LogP contribution is -2.48. The number of carbonyl (C=O) groups excluding carboxylic acids is 1. The number of fused-ring (bicyclic) bond motifs is 1. The van der Waals surface area contributed by atoms with Gasteiger partial charge in [0.1, 0.15) is 0 Å². The lowest BCUT2D eigenvalue weighted by molar-refractivity contribution is 0.0575. The number of hydrogen-bond donors (Lipinski definition) is 1. The van der Waals surface area contributed by atoms with Gasteiger partial charge in [-0.05, 0) is 59.5 Å². The molecule has 2 fully saturated rings. The molecule has 2 unspecified atom stereocenters. The molecule has 19 heavy (non-hydrogen) atoms. The number of nitrogens with one attached hydrogen (secondary N) is 1. The summed E-state index contributed by atoms with van der Waals surface area (Å²) < 4.78 is 0.981. The predicted octanol–water partition coefficient (Wildman–Crippen LogP) is 2.77. The highest BCUT2D eigenvalue weighted by Gasteiger charge is 2.37. The molecular formula is C14H16ClIN2O. The number of benzene rings is 1. The lowest BCUT2D eigenvalue weighted by atomic mass is 9.91. The van der Waals surface area contributed by atoms with Crippen molar-refractivity contribution in [1.82, 2.24) is 10.2 Å². The second kappa shape index (κ2) is 5.58. The van der Waals surface area contributed by atoms with Crippen molar-refractivity contribution in [2.75, 3.05) is 19.6 Å². The summed E-state index contributed by atoms with van der Waals surface area (Å²) >= 11 is 8.29. The molecule has 1 aromatic rings. The molecule has 2 atom stereocenters. The molecule has 3 rings (SSSR count). The van der Waals surface area contributed by atoms with E-state index in [0.717, 1.165) is 29.6 Å². The van der Waals surface area contributed by atoms with E-state index in [0.29, 0.717) is 22.5 Å². The van der Waals surface area contributed by atoms with Crippen molar-refractivity contribution in [1.29, 1.82) is 0 Å². The molecule has 1 amide bonds. The maximum absolute atomic E-state index is 12.6. The summed E-state index contributed by atoms with van der Waals surface area (Å²) in [5, 5.41) is 4.06. The summed E-state index contributed by atoms with van der Waals surface area (Å²) in [5.41, 5.74) is 0.706. The van der Waals surface area contributed by atoms with Crippen molar-refractivity contribution in [3.05, 3.63) is 32.4 Å². The third kappa shape index (κ3) is 2.62. The largest absolute Gasteiger partial charge is 0.334 e. The highest BCUT2D eigenvalue weighted by Crippen LogP contribution is 2.28. The maximum Gasteiger partial charge on any atom is 0.254 e. The first-order valence-corrected chi connectivity index (χ1v) is 8.09. The summed E-state index contributed by atoms with van der Waals surface area (Å²) in [7, 11) is 0. The Morgan fingerprint density at radius 3 is 3.05 bits per heavy atom. The fraction of sp³-hybridized carbons (Fsp3) is 0.500. The Morgan fingerprint density at radius 2 is 2.26 bits per heavy atom. The summed E-state index contributed by atoms with van der Waals surface area (Å²) in [6, 6.07) is 5.93. The van der Waals surface area contributed by atoms with Crippen LogP contribution in [0, 0.1) is 9.49 Å². The fourth-order valence-corrected chi connectivity index (χ4v) is 3.63. The minimum atomic E-state index is 0.122. The van der Waals surface area contributed by atoms with E-state index in [1.165, 1.54) is 6.42 Å². The Bertz CT molecular complexity index is 508. The van der Waals surface area contributed by atoms with Crippen LogP contribution in [0.3, 0.4) is 0 Å². The van der Waals surface area contributed by atoms with Crippen molar-refractivity contribution < 1.29 is 4.79 Å². The second-order valence-corrected chi connectivity index (χ2v) is 6.82. The van der Waals surface area contributed by atoms with Crippen molar-refractivity contribution >= 4 is 40.1 Å². The highest BCUT2D eigenvalue weighted by molar-refractivity contribution is 14.1. The minimum Gasteiger partial charge on any atom is -0.334 e. The quantitative estimate of drug-likeness (QED) is 0.748. The number of rotatable bonds is 1. The van der Waals surface area contributed by atoms with Gasteiger partial charge in [0.2, 0.25) is 0 Å². The normalized spacial score (nSPS) is 26.3. The van der Waals surface area contributed by atoms with Gasteiger partial charge in [0, 0.05) is 34.8 Å². The molecule has 1 aromatic carbocycles. The average Bonchev–Trinajstić information content (AvgIpc) is 2.89. The Labute approximate surface area is 131 Å². The molecule has 0 aliphatic carbocycles.